The van der Waals surface area contributed by atoms with Crippen molar-refractivity contribution in [3.05, 3.63) is 18.2 Å². The van der Waals surface area contributed by atoms with Gasteiger partial charge in [0.15, 0.2) is 5.13 Å². The van der Waals surface area contributed by atoms with Crippen molar-refractivity contribution in [2.45, 2.75) is 44.9 Å². The van der Waals surface area contributed by atoms with Gasteiger partial charge in [-0.25, -0.2) is 18.1 Å². The molecule has 0 unspecified atom stereocenters. The summed E-state index contributed by atoms with van der Waals surface area (Å²) in [5, 5.41) is 3.26. The summed E-state index contributed by atoms with van der Waals surface area (Å²) >= 11 is 1.28. The number of carbonyl (C=O) groups is 1. The summed E-state index contributed by atoms with van der Waals surface area (Å²) in [6, 6.07) is 4.79. The van der Waals surface area contributed by atoms with Crippen molar-refractivity contribution in [3.63, 3.8) is 0 Å². The van der Waals surface area contributed by atoms with E-state index in [0.29, 0.717) is 23.6 Å². The summed E-state index contributed by atoms with van der Waals surface area (Å²) in [7, 11) is -3.53. The number of hydrogen-bond acceptors (Lipinski definition) is 5. The number of nitrogens with zero attached hydrogens (tertiary/aromatic N) is 1. The summed E-state index contributed by atoms with van der Waals surface area (Å²) in [6.45, 7) is 6.31. The Labute approximate surface area is 146 Å². The van der Waals surface area contributed by atoms with Crippen LogP contribution >= 0.6 is 11.3 Å². The van der Waals surface area contributed by atoms with Gasteiger partial charge >= 0.3 is 0 Å². The largest absolute Gasteiger partial charge is 0.302 e. The average molecular weight is 370 g/mol. The molecule has 0 atom stereocenters. The summed E-state index contributed by atoms with van der Waals surface area (Å²) in [4.78, 5) is 16.3. The molecule has 1 aromatic heterocycles. The van der Waals surface area contributed by atoms with Crippen LogP contribution in [0.3, 0.4) is 0 Å². The van der Waals surface area contributed by atoms with Crippen LogP contribution in [0.5, 0.6) is 0 Å². The first-order valence-corrected chi connectivity index (χ1v) is 10.3. The van der Waals surface area contributed by atoms with Crippen LogP contribution in [0.25, 0.3) is 10.2 Å². The van der Waals surface area contributed by atoms with Crippen molar-refractivity contribution >= 4 is 42.6 Å². The molecule has 24 heavy (non-hydrogen) atoms. The van der Waals surface area contributed by atoms with Crippen LogP contribution in [-0.4, -0.2) is 25.9 Å². The quantitative estimate of drug-likeness (QED) is 0.747. The number of thiazole rings is 1. The van der Waals surface area contributed by atoms with E-state index in [1.807, 2.05) is 20.8 Å². The Bertz CT molecular complexity index is 813. The Balaban J connectivity index is 2.18. The Kier molecular flexibility index (Phi) is 6.31. The maximum Gasteiger partial charge on any atom is 0.240 e. The zero-order valence-corrected chi connectivity index (χ0v) is 15.8. The molecule has 0 fully saturated rings. The predicted octanol–water partition coefficient (Wildman–Crippen LogP) is 3.36. The summed E-state index contributed by atoms with van der Waals surface area (Å²) in [5.41, 5.74) is 0.675. The molecule has 0 bridgehead atoms. The SMILES string of the molecule is CCCCC(=O)Nc1nc2ccc(S(=O)(=O)NCC(C)C)cc2s1. The van der Waals surface area contributed by atoms with E-state index in [1.54, 1.807) is 12.1 Å². The Morgan fingerprint density at radius 3 is 2.75 bits per heavy atom. The van der Waals surface area contributed by atoms with Crippen molar-refractivity contribution in [1.29, 1.82) is 0 Å². The second kappa shape index (κ2) is 8.04. The topological polar surface area (TPSA) is 88.2 Å². The summed E-state index contributed by atoms with van der Waals surface area (Å²) in [6.07, 6.45) is 2.25. The number of sulfonamides is 1. The van der Waals surface area contributed by atoms with Gasteiger partial charge in [-0.1, -0.05) is 38.5 Å². The van der Waals surface area contributed by atoms with Crippen LogP contribution in [0.4, 0.5) is 5.13 Å². The van der Waals surface area contributed by atoms with E-state index in [2.05, 4.69) is 15.0 Å². The van der Waals surface area contributed by atoms with Crippen molar-refractivity contribution in [3.8, 4) is 0 Å². The monoisotopic (exact) mass is 369 g/mol. The van der Waals surface area contributed by atoms with Crippen molar-refractivity contribution in [1.82, 2.24) is 9.71 Å². The van der Waals surface area contributed by atoms with Crippen LogP contribution in [-0.2, 0) is 14.8 Å². The molecule has 132 valence electrons. The number of carbonyl (C=O) groups excluding carboxylic acids is 1. The zero-order chi connectivity index (χ0) is 17.7. The molecule has 2 rings (SSSR count). The molecule has 8 heteroatoms. The third-order valence-electron chi connectivity index (χ3n) is 3.36. The molecule has 2 N–H and O–H groups in total. The van der Waals surface area contributed by atoms with Gasteiger partial charge in [-0.15, -0.1) is 0 Å². The lowest BCUT2D eigenvalue weighted by Gasteiger charge is -2.08. The van der Waals surface area contributed by atoms with Crippen LogP contribution in [0.2, 0.25) is 0 Å². The number of benzene rings is 1. The van der Waals surface area contributed by atoms with Gasteiger partial charge in [-0.05, 0) is 30.5 Å². The Morgan fingerprint density at radius 2 is 2.08 bits per heavy atom. The maximum absolute atomic E-state index is 12.3. The fraction of sp³-hybridized carbons (Fsp3) is 0.500. The third kappa shape index (κ3) is 4.99. The van der Waals surface area contributed by atoms with E-state index in [1.165, 1.54) is 17.4 Å². The van der Waals surface area contributed by atoms with Gasteiger partial charge in [-0.3, -0.25) is 4.79 Å². The highest BCUT2D eigenvalue weighted by Crippen LogP contribution is 2.28. The zero-order valence-electron chi connectivity index (χ0n) is 14.1. The van der Waals surface area contributed by atoms with E-state index in [0.717, 1.165) is 17.5 Å². The molecule has 0 aliphatic carbocycles. The van der Waals surface area contributed by atoms with E-state index < -0.39 is 10.0 Å². The van der Waals surface area contributed by atoms with Crippen LogP contribution in [0.1, 0.15) is 40.0 Å². The normalized spacial score (nSPS) is 12.0. The van der Waals surface area contributed by atoms with Crippen LogP contribution in [0.15, 0.2) is 23.1 Å². The molecule has 1 aromatic carbocycles. The highest BCUT2D eigenvalue weighted by molar-refractivity contribution is 7.89. The molecule has 0 saturated heterocycles. The predicted molar refractivity (Wildman–Crippen MR) is 97.8 cm³/mol. The number of fused-ring (bicyclic) bond motifs is 1. The fourth-order valence-electron chi connectivity index (χ4n) is 2.00. The van der Waals surface area contributed by atoms with Gasteiger partial charge in [0.25, 0.3) is 0 Å². The number of unbranched alkanes of at least 4 members (excludes halogenated alkanes) is 1. The maximum atomic E-state index is 12.3. The summed E-state index contributed by atoms with van der Waals surface area (Å²) < 4.78 is 27.9. The second-order valence-corrected chi connectivity index (χ2v) is 8.84. The van der Waals surface area contributed by atoms with Gasteiger partial charge in [0.05, 0.1) is 15.1 Å². The van der Waals surface area contributed by atoms with E-state index in [4.69, 9.17) is 0 Å². The van der Waals surface area contributed by atoms with Crippen molar-refractivity contribution < 1.29 is 13.2 Å². The lowest BCUT2D eigenvalue weighted by molar-refractivity contribution is -0.116. The highest BCUT2D eigenvalue weighted by atomic mass is 32.2. The first kappa shape index (κ1) is 18.8. The minimum Gasteiger partial charge on any atom is -0.302 e. The molecular formula is C16H23N3O3S2. The molecule has 0 aliphatic heterocycles. The molecule has 0 radical (unpaired) electrons. The molecule has 0 saturated carbocycles. The summed E-state index contributed by atoms with van der Waals surface area (Å²) in [5.74, 6) is 0.166. The lowest BCUT2D eigenvalue weighted by Crippen LogP contribution is -2.27. The number of anilines is 1. The van der Waals surface area contributed by atoms with E-state index >= 15 is 0 Å². The molecule has 1 amide bonds. The third-order valence-corrected chi connectivity index (χ3v) is 5.71. The van der Waals surface area contributed by atoms with Gasteiger partial charge in [-0.2, -0.15) is 0 Å². The van der Waals surface area contributed by atoms with Gasteiger partial charge < -0.3 is 5.32 Å². The number of amides is 1. The van der Waals surface area contributed by atoms with E-state index in [-0.39, 0.29) is 16.7 Å². The first-order valence-electron chi connectivity index (χ1n) is 8.02. The first-order chi connectivity index (χ1) is 11.3. The van der Waals surface area contributed by atoms with Crippen molar-refractivity contribution in [2.24, 2.45) is 5.92 Å². The molecular weight excluding hydrogens is 346 g/mol. The molecule has 2 aromatic rings. The van der Waals surface area contributed by atoms with Crippen LogP contribution < -0.4 is 10.0 Å². The number of aromatic nitrogens is 1. The van der Waals surface area contributed by atoms with Crippen LogP contribution in [0, 0.1) is 5.92 Å². The van der Waals surface area contributed by atoms with Crippen molar-refractivity contribution in [2.75, 3.05) is 11.9 Å². The second-order valence-electron chi connectivity index (χ2n) is 6.05. The lowest BCUT2D eigenvalue weighted by atomic mass is 10.2. The molecule has 0 spiro atoms. The average Bonchev–Trinajstić information content (AvgIpc) is 2.92. The Hall–Kier alpha value is -1.51. The van der Waals surface area contributed by atoms with Gasteiger partial charge in [0.1, 0.15) is 0 Å². The standard InChI is InChI=1S/C16H23N3O3S2/c1-4-5-6-15(20)19-16-18-13-8-7-12(9-14(13)23-16)24(21,22)17-10-11(2)3/h7-9,11,17H,4-6,10H2,1-3H3,(H,18,19,20). The van der Waals surface area contributed by atoms with Gasteiger partial charge in [0.2, 0.25) is 15.9 Å². The Morgan fingerprint density at radius 1 is 1.33 bits per heavy atom. The smallest absolute Gasteiger partial charge is 0.240 e. The minimum atomic E-state index is -3.53. The molecule has 0 aliphatic rings. The molecule has 6 nitrogen and oxygen atoms in total. The molecule has 1 heterocycles. The fourth-order valence-corrected chi connectivity index (χ4v) is 4.24. The van der Waals surface area contributed by atoms with Gasteiger partial charge in [0, 0.05) is 13.0 Å². The number of rotatable bonds is 8. The minimum absolute atomic E-state index is 0.0673. The number of hydrogen-bond donors (Lipinski definition) is 2. The number of nitrogens with one attached hydrogen (secondary N) is 2. The van der Waals surface area contributed by atoms with E-state index in [9.17, 15) is 13.2 Å². The highest BCUT2D eigenvalue weighted by Gasteiger charge is 2.16.